The molecule has 4 fully saturated rings. The summed E-state index contributed by atoms with van der Waals surface area (Å²) in [4.78, 5) is 12.4. The number of halogens is 1. The van der Waals surface area contributed by atoms with Gasteiger partial charge in [-0.05, 0) is 74.0 Å². The Hall–Kier alpha value is -0.990. The fourth-order valence-electron chi connectivity index (χ4n) is 6.82. The summed E-state index contributed by atoms with van der Waals surface area (Å²) < 4.78 is 14.2. The minimum absolute atomic E-state index is 0.135. The Balaban J connectivity index is 1.71. The molecule has 126 valence electrons. The number of nitrogens with one attached hydrogen (secondary N) is 1. The van der Waals surface area contributed by atoms with Crippen LogP contribution in [0.1, 0.15) is 58.8 Å². The van der Waals surface area contributed by atoms with Crippen LogP contribution in [0.25, 0.3) is 0 Å². The van der Waals surface area contributed by atoms with Crippen molar-refractivity contribution in [1.29, 1.82) is 5.41 Å². The Morgan fingerprint density at radius 3 is 2.70 bits per heavy atom. The summed E-state index contributed by atoms with van der Waals surface area (Å²) in [7, 11) is 0. The smallest absolute Gasteiger partial charge is 0.173 e. The molecule has 0 aliphatic heterocycles. The Morgan fingerprint density at radius 2 is 1.96 bits per heavy atom. The van der Waals surface area contributed by atoms with E-state index < -0.39 is 11.6 Å². The molecule has 4 rings (SSSR count). The van der Waals surface area contributed by atoms with Crippen molar-refractivity contribution in [3.8, 4) is 0 Å². The largest absolute Gasteiger partial charge is 0.310 e. The van der Waals surface area contributed by atoms with E-state index in [0.29, 0.717) is 24.2 Å². The van der Waals surface area contributed by atoms with Gasteiger partial charge in [0.2, 0.25) is 0 Å². The van der Waals surface area contributed by atoms with Crippen LogP contribution >= 0.6 is 0 Å². The molecule has 3 heteroatoms. The van der Waals surface area contributed by atoms with Crippen LogP contribution in [0.4, 0.5) is 4.39 Å². The number of Topliss-reactive ketones (excluding diaryl/α,β-unsaturated/α-hetero) is 1. The monoisotopic (exact) mass is 317 g/mol. The third kappa shape index (κ3) is 1.91. The number of rotatable bonds is 0. The van der Waals surface area contributed by atoms with Gasteiger partial charge < -0.3 is 5.41 Å². The number of allylic oxidation sites excluding steroid dienone is 1. The van der Waals surface area contributed by atoms with Crippen LogP contribution in [0.2, 0.25) is 0 Å². The predicted molar refractivity (Wildman–Crippen MR) is 89.3 cm³/mol. The van der Waals surface area contributed by atoms with Crippen molar-refractivity contribution in [2.45, 2.75) is 65.0 Å². The molecule has 0 aromatic rings. The van der Waals surface area contributed by atoms with Gasteiger partial charge in [0.25, 0.3) is 0 Å². The first-order valence-electron chi connectivity index (χ1n) is 9.19. The van der Waals surface area contributed by atoms with Crippen molar-refractivity contribution in [2.24, 2.45) is 34.5 Å². The molecule has 4 aliphatic carbocycles. The van der Waals surface area contributed by atoms with E-state index in [4.69, 9.17) is 5.41 Å². The molecule has 7 atom stereocenters. The zero-order valence-corrected chi connectivity index (χ0v) is 14.3. The number of hydrogen-bond donors (Lipinski definition) is 1. The SMILES string of the molecule is C=C1CC2C3CC(F)C(=O)C3(C)CCC2C2(C)CCC(=N)CC12. The normalized spacial score (nSPS) is 52.8. The molecule has 2 nitrogen and oxygen atoms in total. The van der Waals surface area contributed by atoms with Crippen molar-refractivity contribution < 1.29 is 9.18 Å². The molecule has 0 aromatic heterocycles. The first-order valence-corrected chi connectivity index (χ1v) is 9.19. The summed E-state index contributed by atoms with van der Waals surface area (Å²) in [5.41, 5.74) is 1.89. The van der Waals surface area contributed by atoms with E-state index in [1.54, 1.807) is 0 Å². The molecule has 0 heterocycles. The maximum Gasteiger partial charge on any atom is 0.173 e. The number of hydrogen-bond acceptors (Lipinski definition) is 2. The van der Waals surface area contributed by atoms with Gasteiger partial charge in [-0.3, -0.25) is 4.79 Å². The Bertz CT molecular complexity index is 598. The number of ketones is 1. The lowest BCUT2D eigenvalue weighted by Crippen LogP contribution is -2.54. The first-order chi connectivity index (χ1) is 10.8. The highest BCUT2D eigenvalue weighted by molar-refractivity contribution is 5.91. The number of fused-ring (bicyclic) bond motifs is 5. The minimum Gasteiger partial charge on any atom is -0.310 e. The molecule has 23 heavy (non-hydrogen) atoms. The maximum absolute atomic E-state index is 14.2. The van der Waals surface area contributed by atoms with Gasteiger partial charge >= 0.3 is 0 Å². The van der Waals surface area contributed by atoms with Gasteiger partial charge in [-0.1, -0.05) is 26.0 Å². The fraction of sp³-hybridized carbons (Fsp3) is 0.800. The van der Waals surface area contributed by atoms with E-state index in [1.807, 2.05) is 6.92 Å². The number of carbonyl (C=O) groups is 1. The Morgan fingerprint density at radius 1 is 1.22 bits per heavy atom. The summed E-state index contributed by atoms with van der Waals surface area (Å²) in [6.45, 7) is 8.77. The molecule has 0 saturated heterocycles. The highest BCUT2D eigenvalue weighted by Crippen LogP contribution is 2.66. The number of alkyl halides is 1. The van der Waals surface area contributed by atoms with Gasteiger partial charge in [-0.2, -0.15) is 0 Å². The van der Waals surface area contributed by atoms with Gasteiger partial charge in [-0.25, -0.2) is 4.39 Å². The molecule has 0 radical (unpaired) electrons. The molecule has 4 saturated carbocycles. The molecule has 1 N–H and O–H groups in total. The standard InChI is InChI=1S/C20H28FNO/c1-11-8-13-14(19(2)6-4-12(22)9-15(11)19)5-7-20(3)16(13)10-17(21)18(20)23/h13-17,22H,1,4-10H2,2-3H3. The first kappa shape index (κ1) is 15.5. The fourth-order valence-corrected chi connectivity index (χ4v) is 6.82. The predicted octanol–water partition coefficient (Wildman–Crippen LogP) is 4.73. The molecule has 0 spiro atoms. The van der Waals surface area contributed by atoms with E-state index in [2.05, 4.69) is 13.5 Å². The zero-order valence-electron chi connectivity index (χ0n) is 14.3. The van der Waals surface area contributed by atoms with Crippen molar-refractivity contribution in [3.63, 3.8) is 0 Å². The van der Waals surface area contributed by atoms with E-state index >= 15 is 0 Å². The van der Waals surface area contributed by atoms with Crippen molar-refractivity contribution in [1.82, 2.24) is 0 Å². The average molecular weight is 317 g/mol. The second-order valence-electron chi connectivity index (χ2n) is 9.13. The molecule has 0 bridgehead atoms. The molecular weight excluding hydrogens is 289 g/mol. The van der Waals surface area contributed by atoms with Crippen LogP contribution in [-0.4, -0.2) is 17.7 Å². The van der Waals surface area contributed by atoms with Crippen LogP contribution in [-0.2, 0) is 4.79 Å². The molecular formula is C20H28FNO. The van der Waals surface area contributed by atoms with Crippen molar-refractivity contribution in [3.05, 3.63) is 12.2 Å². The van der Waals surface area contributed by atoms with Crippen LogP contribution in [0, 0.1) is 39.9 Å². The maximum atomic E-state index is 14.2. The van der Waals surface area contributed by atoms with Gasteiger partial charge in [0.1, 0.15) is 0 Å². The third-order valence-electron chi connectivity index (χ3n) is 8.18. The van der Waals surface area contributed by atoms with E-state index in [0.717, 1.165) is 44.2 Å². The Kier molecular flexibility index (Phi) is 3.22. The van der Waals surface area contributed by atoms with Gasteiger partial charge in [0.15, 0.2) is 12.0 Å². The second kappa shape index (κ2) is 4.77. The molecule has 7 unspecified atom stereocenters. The van der Waals surface area contributed by atoms with E-state index in [-0.39, 0.29) is 17.1 Å². The van der Waals surface area contributed by atoms with E-state index in [9.17, 15) is 9.18 Å². The topological polar surface area (TPSA) is 40.9 Å². The lowest BCUT2D eigenvalue weighted by Gasteiger charge is -2.60. The average Bonchev–Trinajstić information content (AvgIpc) is 2.73. The minimum atomic E-state index is -1.25. The van der Waals surface area contributed by atoms with Crippen molar-refractivity contribution >= 4 is 11.5 Å². The highest BCUT2D eigenvalue weighted by Gasteiger charge is 2.63. The molecule has 0 aromatic carbocycles. The third-order valence-corrected chi connectivity index (χ3v) is 8.18. The van der Waals surface area contributed by atoms with Gasteiger partial charge in [0.05, 0.1) is 0 Å². The van der Waals surface area contributed by atoms with Gasteiger partial charge in [0, 0.05) is 11.1 Å². The van der Waals surface area contributed by atoms with Crippen LogP contribution in [0.15, 0.2) is 12.2 Å². The quantitative estimate of drug-likeness (QED) is 0.645. The molecule has 4 aliphatic rings. The lowest BCUT2D eigenvalue weighted by atomic mass is 9.44. The van der Waals surface area contributed by atoms with E-state index in [1.165, 1.54) is 5.57 Å². The summed E-state index contributed by atoms with van der Waals surface area (Å²) in [5.74, 6) is 1.47. The lowest BCUT2D eigenvalue weighted by molar-refractivity contribution is -0.136. The Labute approximate surface area is 138 Å². The highest BCUT2D eigenvalue weighted by atomic mass is 19.1. The second-order valence-corrected chi connectivity index (χ2v) is 9.13. The van der Waals surface area contributed by atoms with Gasteiger partial charge in [-0.15, -0.1) is 0 Å². The zero-order chi connectivity index (χ0) is 16.6. The summed E-state index contributed by atoms with van der Waals surface area (Å²) in [6, 6.07) is 0. The summed E-state index contributed by atoms with van der Waals surface area (Å²) in [5, 5.41) is 8.09. The van der Waals surface area contributed by atoms with Crippen molar-refractivity contribution in [2.75, 3.05) is 0 Å². The van der Waals surface area contributed by atoms with Crippen LogP contribution in [0.5, 0.6) is 0 Å². The summed E-state index contributed by atoms with van der Waals surface area (Å²) >= 11 is 0. The van der Waals surface area contributed by atoms with Crippen LogP contribution in [0.3, 0.4) is 0 Å². The molecule has 0 amide bonds. The summed E-state index contributed by atoms with van der Waals surface area (Å²) in [6.07, 6.45) is 4.85. The van der Waals surface area contributed by atoms with Crippen LogP contribution < -0.4 is 0 Å². The number of carbonyl (C=O) groups excluding carboxylic acids is 1.